The summed E-state index contributed by atoms with van der Waals surface area (Å²) in [7, 11) is -2.26. The van der Waals surface area contributed by atoms with Crippen molar-refractivity contribution in [3.05, 3.63) is 0 Å². The smallest absolute Gasteiger partial charge is 0.323 e. The number of carboxylic acids is 1. The van der Waals surface area contributed by atoms with E-state index in [2.05, 4.69) is 4.72 Å². The summed E-state index contributed by atoms with van der Waals surface area (Å²) in [6.45, 7) is 3.53. The third-order valence-corrected chi connectivity index (χ3v) is 3.60. The van der Waals surface area contributed by atoms with Gasteiger partial charge in [-0.2, -0.15) is 0 Å². The monoisotopic (exact) mass is 239 g/mol. The zero-order chi connectivity index (χ0) is 12.1. The number of rotatable bonds is 7. The number of ether oxygens (including phenoxy) is 1. The molecule has 0 aliphatic carbocycles. The van der Waals surface area contributed by atoms with Crippen LogP contribution in [-0.2, 0) is 19.6 Å². The van der Waals surface area contributed by atoms with Crippen LogP contribution in [0.5, 0.6) is 0 Å². The second-order valence-corrected chi connectivity index (χ2v) is 5.52. The van der Waals surface area contributed by atoms with E-state index in [1.807, 2.05) is 0 Å². The Morgan fingerprint density at radius 3 is 2.40 bits per heavy atom. The summed E-state index contributed by atoms with van der Waals surface area (Å²) in [5.41, 5.74) is 0. The molecule has 2 N–H and O–H groups in total. The van der Waals surface area contributed by atoms with Gasteiger partial charge in [0.1, 0.15) is 0 Å². The number of nitrogens with one attached hydrogen (secondary N) is 1. The minimum absolute atomic E-state index is 0.00534. The third-order valence-electron chi connectivity index (χ3n) is 1.90. The number of sulfonamides is 1. The normalized spacial score (nSPS) is 15.9. The highest BCUT2D eigenvalue weighted by Gasteiger charge is 2.27. The summed E-state index contributed by atoms with van der Waals surface area (Å²) in [6, 6.07) is 0. The molecule has 0 aliphatic heterocycles. The predicted octanol–water partition coefficient (Wildman–Crippen LogP) is -0.339. The molecule has 2 atom stereocenters. The van der Waals surface area contributed by atoms with Gasteiger partial charge >= 0.3 is 5.97 Å². The molecule has 90 valence electrons. The number of methoxy groups -OCH3 is 1. The first-order valence-electron chi connectivity index (χ1n) is 4.51. The zero-order valence-corrected chi connectivity index (χ0v) is 9.87. The van der Waals surface area contributed by atoms with E-state index in [9.17, 15) is 13.2 Å². The fraction of sp³-hybridized carbons (Fsp3) is 0.875. The van der Waals surface area contributed by atoms with E-state index in [-0.39, 0.29) is 12.5 Å². The molecule has 0 fully saturated rings. The van der Waals surface area contributed by atoms with Crippen LogP contribution in [0.4, 0.5) is 0 Å². The summed E-state index contributed by atoms with van der Waals surface area (Å²) >= 11 is 0. The van der Waals surface area contributed by atoms with Crippen molar-refractivity contribution < 1.29 is 23.1 Å². The maximum absolute atomic E-state index is 11.3. The van der Waals surface area contributed by atoms with Crippen LogP contribution >= 0.6 is 0 Å². The molecule has 0 heterocycles. The van der Waals surface area contributed by atoms with Gasteiger partial charge in [-0.25, -0.2) is 13.1 Å². The van der Waals surface area contributed by atoms with Crippen LogP contribution in [0.25, 0.3) is 0 Å². The molecule has 0 aromatic carbocycles. The topological polar surface area (TPSA) is 92.7 Å². The molecule has 7 heteroatoms. The molecule has 0 aromatic rings. The van der Waals surface area contributed by atoms with Crippen molar-refractivity contribution in [1.29, 1.82) is 0 Å². The molecule has 2 unspecified atom stereocenters. The van der Waals surface area contributed by atoms with Gasteiger partial charge in [0.15, 0.2) is 5.25 Å². The molecule has 0 aliphatic rings. The van der Waals surface area contributed by atoms with Crippen molar-refractivity contribution in [2.24, 2.45) is 5.92 Å². The van der Waals surface area contributed by atoms with Crippen LogP contribution in [0.3, 0.4) is 0 Å². The highest BCUT2D eigenvalue weighted by atomic mass is 32.2. The first-order valence-corrected chi connectivity index (χ1v) is 6.06. The van der Waals surface area contributed by atoms with Crippen molar-refractivity contribution in [1.82, 2.24) is 4.72 Å². The standard InChI is InChI=1S/C8H17NO5S/c1-6(5-14-3)4-9-15(12,13)7(2)8(10)11/h6-7,9H,4-5H2,1-3H3,(H,10,11). The SMILES string of the molecule is COCC(C)CNS(=O)(=O)C(C)C(=O)O. The second-order valence-electron chi connectivity index (χ2n) is 3.43. The van der Waals surface area contributed by atoms with E-state index in [4.69, 9.17) is 9.84 Å². The quantitative estimate of drug-likeness (QED) is 0.634. The summed E-state index contributed by atoms with van der Waals surface area (Å²) in [6.07, 6.45) is 0. The van der Waals surface area contributed by atoms with E-state index in [1.165, 1.54) is 7.11 Å². The van der Waals surface area contributed by atoms with Crippen molar-refractivity contribution in [2.75, 3.05) is 20.3 Å². The Balaban J connectivity index is 4.22. The van der Waals surface area contributed by atoms with Crippen molar-refractivity contribution >= 4 is 16.0 Å². The van der Waals surface area contributed by atoms with Crippen LogP contribution in [0.15, 0.2) is 0 Å². The maximum Gasteiger partial charge on any atom is 0.323 e. The molecule has 6 nitrogen and oxygen atoms in total. The Morgan fingerprint density at radius 1 is 1.47 bits per heavy atom. The lowest BCUT2D eigenvalue weighted by Crippen LogP contribution is -2.39. The van der Waals surface area contributed by atoms with Crippen LogP contribution < -0.4 is 4.72 Å². The third kappa shape index (κ3) is 5.10. The van der Waals surface area contributed by atoms with E-state index in [0.717, 1.165) is 6.92 Å². The number of hydrogen-bond donors (Lipinski definition) is 2. The van der Waals surface area contributed by atoms with E-state index in [1.54, 1.807) is 6.92 Å². The lowest BCUT2D eigenvalue weighted by atomic mass is 10.2. The van der Waals surface area contributed by atoms with Gasteiger partial charge in [-0.05, 0) is 12.8 Å². The molecule has 0 spiro atoms. The summed E-state index contributed by atoms with van der Waals surface area (Å²) in [5.74, 6) is -1.35. The first kappa shape index (κ1) is 14.3. The highest BCUT2D eigenvalue weighted by Crippen LogP contribution is 2.00. The number of aliphatic carboxylic acids is 1. The highest BCUT2D eigenvalue weighted by molar-refractivity contribution is 7.90. The van der Waals surface area contributed by atoms with Crippen LogP contribution in [-0.4, -0.2) is 45.0 Å². The van der Waals surface area contributed by atoms with Gasteiger partial charge in [-0.15, -0.1) is 0 Å². The van der Waals surface area contributed by atoms with Gasteiger partial charge in [0.2, 0.25) is 10.0 Å². The van der Waals surface area contributed by atoms with Gasteiger partial charge in [0.05, 0.1) is 0 Å². The largest absolute Gasteiger partial charge is 0.480 e. The Hall–Kier alpha value is -0.660. The molecule has 0 radical (unpaired) electrons. The van der Waals surface area contributed by atoms with Crippen molar-refractivity contribution in [3.8, 4) is 0 Å². The van der Waals surface area contributed by atoms with E-state index in [0.29, 0.717) is 6.61 Å². The van der Waals surface area contributed by atoms with Crippen molar-refractivity contribution in [2.45, 2.75) is 19.1 Å². The van der Waals surface area contributed by atoms with Crippen LogP contribution in [0.1, 0.15) is 13.8 Å². The van der Waals surface area contributed by atoms with Gasteiger partial charge in [0.25, 0.3) is 0 Å². The Labute approximate surface area is 89.7 Å². The van der Waals surface area contributed by atoms with Gasteiger partial charge in [0, 0.05) is 20.3 Å². The predicted molar refractivity (Wildman–Crippen MR) is 55.1 cm³/mol. The Kier molecular flexibility index (Phi) is 5.77. The lowest BCUT2D eigenvalue weighted by molar-refractivity contribution is -0.136. The Morgan fingerprint density at radius 2 is 2.00 bits per heavy atom. The molecule has 0 amide bonds. The average molecular weight is 239 g/mol. The first-order chi connectivity index (χ1) is 6.81. The summed E-state index contributed by atoms with van der Waals surface area (Å²) in [5, 5.41) is 7.10. The number of carbonyl (C=O) groups is 1. The van der Waals surface area contributed by atoms with Crippen LogP contribution in [0, 0.1) is 5.92 Å². The minimum Gasteiger partial charge on any atom is -0.480 e. The fourth-order valence-electron chi connectivity index (χ4n) is 0.860. The molecule has 0 bridgehead atoms. The number of carboxylic acid groups (broad SMARTS) is 1. The molecule has 0 aromatic heterocycles. The molecular weight excluding hydrogens is 222 g/mol. The summed E-state index contributed by atoms with van der Waals surface area (Å²) < 4.78 is 29.8. The fourth-order valence-corrected chi connectivity index (χ4v) is 1.89. The van der Waals surface area contributed by atoms with Gasteiger partial charge in [-0.1, -0.05) is 6.92 Å². The average Bonchev–Trinajstić information content (AvgIpc) is 2.14. The van der Waals surface area contributed by atoms with Crippen LogP contribution in [0.2, 0.25) is 0 Å². The zero-order valence-electron chi connectivity index (χ0n) is 9.06. The minimum atomic E-state index is -3.78. The molecule has 15 heavy (non-hydrogen) atoms. The van der Waals surface area contributed by atoms with Gasteiger partial charge in [-0.3, -0.25) is 4.79 Å². The Bertz CT molecular complexity index is 300. The summed E-state index contributed by atoms with van der Waals surface area (Å²) in [4.78, 5) is 10.5. The van der Waals surface area contributed by atoms with Gasteiger partial charge < -0.3 is 9.84 Å². The molecule has 0 saturated carbocycles. The van der Waals surface area contributed by atoms with E-state index < -0.39 is 21.2 Å². The second kappa shape index (κ2) is 6.04. The van der Waals surface area contributed by atoms with E-state index >= 15 is 0 Å². The number of hydrogen-bond acceptors (Lipinski definition) is 4. The molecular formula is C8H17NO5S. The molecule has 0 rings (SSSR count). The lowest BCUT2D eigenvalue weighted by Gasteiger charge is -2.13. The van der Waals surface area contributed by atoms with Crippen molar-refractivity contribution in [3.63, 3.8) is 0 Å². The maximum atomic E-state index is 11.3. The molecule has 0 saturated heterocycles.